The van der Waals surface area contributed by atoms with Crippen LogP contribution in [-0.4, -0.2) is 99.3 Å². The van der Waals surface area contributed by atoms with Crippen molar-refractivity contribution in [1.29, 1.82) is 0 Å². The third-order valence-corrected chi connectivity index (χ3v) is 14.1. The van der Waals surface area contributed by atoms with E-state index < -0.39 is 49.0 Å². The maximum Gasteiger partial charge on any atom is 0.306 e. The fourth-order valence-corrected chi connectivity index (χ4v) is 11.8. The highest BCUT2D eigenvalue weighted by Crippen LogP contribution is 2.75. The molecule has 3 saturated heterocycles. The van der Waals surface area contributed by atoms with E-state index in [-0.39, 0.29) is 45.8 Å². The predicted molar refractivity (Wildman–Crippen MR) is 168 cm³/mol. The fourth-order valence-electron chi connectivity index (χ4n) is 11.8. The van der Waals surface area contributed by atoms with Crippen molar-refractivity contribution in [2.24, 2.45) is 39.4 Å². The summed E-state index contributed by atoms with van der Waals surface area (Å²) in [5.74, 6) is 0.708. The fraction of sp³-hybridized carbons (Fsp3) is 0.917. The quantitative estimate of drug-likeness (QED) is 0.120. The van der Waals surface area contributed by atoms with Gasteiger partial charge >= 0.3 is 5.97 Å². The van der Waals surface area contributed by atoms with Crippen molar-refractivity contribution in [3.63, 3.8) is 0 Å². The van der Waals surface area contributed by atoms with Crippen LogP contribution in [0.25, 0.3) is 0 Å². The summed E-state index contributed by atoms with van der Waals surface area (Å²) < 4.78 is 24.5. The molecule has 262 valence electrons. The lowest BCUT2D eigenvalue weighted by Gasteiger charge is -2.70. The molecule has 15 atom stereocenters. The summed E-state index contributed by atoms with van der Waals surface area (Å²) in [5, 5.41) is 51.8. The molecule has 0 amide bonds. The van der Waals surface area contributed by atoms with Gasteiger partial charge in [0.15, 0.2) is 6.29 Å². The van der Waals surface area contributed by atoms with E-state index in [1.165, 1.54) is 0 Å². The van der Waals surface area contributed by atoms with Crippen molar-refractivity contribution in [2.75, 3.05) is 13.2 Å². The molecule has 5 N–H and O–H groups in total. The SMILES string of the molecule is CC(C)=C[C@H](O)C[C@]1(C)O[C@@H]1[C@H]1CC[C@@H]2[C@@]3(C)CC[C@H](O[C@@H]4O[C@H](CO)[C@@H](O)[C@H](O)[C@H]4O)C(C)(C)[C@@H]3CC[C@@]2(C)[C@@]12COC(=O)C2. The Bertz CT molecular complexity index is 1200. The van der Waals surface area contributed by atoms with Crippen LogP contribution in [0.5, 0.6) is 0 Å². The van der Waals surface area contributed by atoms with Gasteiger partial charge in [0.05, 0.1) is 43.5 Å². The first-order chi connectivity index (χ1) is 21.4. The van der Waals surface area contributed by atoms with Crippen molar-refractivity contribution in [3.05, 3.63) is 11.6 Å². The van der Waals surface area contributed by atoms with Gasteiger partial charge < -0.3 is 44.5 Å². The number of esters is 1. The van der Waals surface area contributed by atoms with Gasteiger partial charge in [-0.05, 0) is 93.3 Å². The maximum absolute atomic E-state index is 13.0. The average molecular weight is 651 g/mol. The lowest BCUT2D eigenvalue weighted by Crippen LogP contribution is -2.66. The molecule has 10 nitrogen and oxygen atoms in total. The molecule has 0 bridgehead atoms. The minimum Gasteiger partial charge on any atom is -0.465 e. The molecule has 0 aromatic rings. The standard InChI is InChI=1S/C36H58O10/c1-19(2)14-20(38)15-35(7)30(46-35)21-8-9-24-33(5)12-11-25(45-31-29(42)28(41)27(40)22(17-37)44-31)32(3,4)23(33)10-13-34(24,6)36(21)16-26(39)43-18-36/h14,20-25,27-31,37-38,40-42H,8-13,15-18H2,1-7H3/t20-,21+,22+,23-,24+,25-,27+,28-,29+,30+,31-,33-,34+,35-,36-/m0/s1. The number of epoxide rings is 1. The smallest absolute Gasteiger partial charge is 0.306 e. The van der Waals surface area contributed by atoms with Crippen LogP contribution in [0.4, 0.5) is 0 Å². The summed E-state index contributed by atoms with van der Waals surface area (Å²) in [6, 6.07) is 0. The van der Waals surface area contributed by atoms with E-state index in [1.54, 1.807) is 0 Å². The second-order valence-electron chi connectivity index (χ2n) is 17.3. The molecule has 10 heteroatoms. The highest BCUT2D eigenvalue weighted by Gasteiger charge is 2.74. The van der Waals surface area contributed by atoms with E-state index in [4.69, 9.17) is 18.9 Å². The van der Waals surface area contributed by atoms with Gasteiger partial charge in [0.1, 0.15) is 24.4 Å². The topological polar surface area (TPSA) is 158 Å². The molecule has 0 aromatic heterocycles. The number of carbonyl (C=O) groups is 1. The zero-order valence-electron chi connectivity index (χ0n) is 28.8. The van der Waals surface area contributed by atoms with Crippen molar-refractivity contribution in [2.45, 2.75) is 154 Å². The van der Waals surface area contributed by atoms with Crippen LogP contribution in [0.3, 0.4) is 0 Å². The van der Waals surface area contributed by atoms with Crippen LogP contribution < -0.4 is 0 Å². The molecule has 3 aliphatic heterocycles. The average Bonchev–Trinajstić information content (AvgIpc) is 3.44. The third kappa shape index (κ3) is 5.24. The Labute approximate surface area is 273 Å². The molecule has 6 aliphatic rings. The van der Waals surface area contributed by atoms with Gasteiger partial charge in [-0.1, -0.05) is 39.3 Å². The summed E-state index contributed by atoms with van der Waals surface area (Å²) in [4.78, 5) is 13.0. The van der Waals surface area contributed by atoms with Gasteiger partial charge in [-0.25, -0.2) is 0 Å². The molecule has 46 heavy (non-hydrogen) atoms. The minimum atomic E-state index is -1.47. The van der Waals surface area contributed by atoms with Crippen LogP contribution >= 0.6 is 0 Å². The Morgan fingerprint density at radius 2 is 1.70 bits per heavy atom. The lowest BCUT2D eigenvalue weighted by atomic mass is 9.34. The van der Waals surface area contributed by atoms with Gasteiger partial charge in [-0.3, -0.25) is 4.79 Å². The van der Waals surface area contributed by atoms with E-state index in [9.17, 15) is 30.3 Å². The van der Waals surface area contributed by atoms with Gasteiger partial charge in [0.25, 0.3) is 0 Å². The largest absolute Gasteiger partial charge is 0.465 e. The Kier molecular flexibility index (Phi) is 8.88. The highest BCUT2D eigenvalue weighted by molar-refractivity contribution is 5.73. The summed E-state index contributed by atoms with van der Waals surface area (Å²) in [6.07, 6.45) is 1.03. The van der Waals surface area contributed by atoms with Gasteiger partial charge in [0.2, 0.25) is 0 Å². The van der Waals surface area contributed by atoms with Crippen LogP contribution in [-0.2, 0) is 23.7 Å². The van der Waals surface area contributed by atoms with Crippen molar-refractivity contribution in [3.8, 4) is 0 Å². The van der Waals surface area contributed by atoms with Gasteiger partial charge in [-0.15, -0.1) is 0 Å². The summed E-state index contributed by atoms with van der Waals surface area (Å²) in [6.45, 7) is 15.3. The first kappa shape index (κ1) is 34.7. The van der Waals surface area contributed by atoms with Crippen LogP contribution in [0.15, 0.2) is 11.6 Å². The third-order valence-electron chi connectivity index (χ3n) is 14.1. The first-order valence-electron chi connectivity index (χ1n) is 17.6. The Morgan fingerprint density at radius 3 is 2.33 bits per heavy atom. The number of hydrogen-bond donors (Lipinski definition) is 5. The van der Waals surface area contributed by atoms with Crippen LogP contribution in [0.1, 0.15) is 99.8 Å². The molecule has 1 spiro atoms. The normalized spacial score (nSPS) is 52.0. The molecule has 0 aromatic carbocycles. The molecule has 3 saturated carbocycles. The number of rotatable bonds is 7. The van der Waals surface area contributed by atoms with E-state index in [1.807, 2.05) is 19.9 Å². The van der Waals surface area contributed by atoms with Gasteiger partial charge in [-0.2, -0.15) is 0 Å². The molecular weight excluding hydrogens is 592 g/mol. The summed E-state index contributed by atoms with van der Waals surface area (Å²) >= 11 is 0. The van der Waals surface area contributed by atoms with Crippen molar-refractivity contribution < 1.29 is 49.3 Å². The number of ether oxygens (including phenoxy) is 4. The molecule has 0 radical (unpaired) electrons. The Morgan fingerprint density at radius 1 is 0.978 bits per heavy atom. The number of aliphatic hydroxyl groups excluding tert-OH is 5. The van der Waals surface area contributed by atoms with E-state index >= 15 is 0 Å². The van der Waals surface area contributed by atoms with E-state index in [2.05, 4.69) is 34.6 Å². The van der Waals surface area contributed by atoms with Crippen molar-refractivity contribution in [1.82, 2.24) is 0 Å². The predicted octanol–water partition coefficient (Wildman–Crippen LogP) is 3.25. The van der Waals surface area contributed by atoms with Gasteiger partial charge in [0, 0.05) is 11.8 Å². The van der Waals surface area contributed by atoms with E-state index in [0.717, 1.165) is 44.1 Å². The molecule has 0 unspecified atom stereocenters. The highest BCUT2D eigenvalue weighted by atomic mass is 16.7. The second-order valence-corrected chi connectivity index (χ2v) is 17.3. The van der Waals surface area contributed by atoms with Crippen molar-refractivity contribution >= 4 is 5.97 Å². The monoisotopic (exact) mass is 650 g/mol. The molecule has 3 heterocycles. The number of carbonyl (C=O) groups excluding carboxylic acids is 1. The number of hydrogen-bond acceptors (Lipinski definition) is 10. The minimum absolute atomic E-state index is 0.0235. The summed E-state index contributed by atoms with van der Waals surface area (Å²) in [7, 11) is 0. The maximum atomic E-state index is 13.0. The molecule has 6 fully saturated rings. The Balaban J connectivity index is 1.24. The molecular formula is C36H58O10. The number of fused-ring (bicyclic) bond motifs is 4. The lowest BCUT2D eigenvalue weighted by molar-refractivity contribution is -0.331. The molecule has 6 rings (SSSR count). The number of allylic oxidation sites excluding steroid dienone is 1. The second kappa shape index (κ2) is 11.8. The van der Waals surface area contributed by atoms with Crippen LogP contribution in [0, 0.1) is 39.4 Å². The molecule has 3 aliphatic carbocycles. The zero-order valence-corrected chi connectivity index (χ0v) is 28.8. The Hall–Kier alpha value is -1.11. The number of cyclic esters (lactones) is 1. The summed E-state index contributed by atoms with van der Waals surface area (Å²) in [5.41, 5.74) is -0.144. The zero-order chi connectivity index (χ0) is 33.6. The van der Waals surface area contributed by atoms with Crippen LogP contribution in [0.2, 0.25) is 0 Å². The number of aliphatic hydroxyl groups is 5. The van der Waals surface area contributed by atoms with E-state index in [0.29, 0.717) is 31.3 Å². The first-order valence-corrected chi connectivity index (χ1v) is 17.6.